The van der Waals surface area contributed by atoms with Crippen molar-refractivity contribution in [3.05, 3.63) is 36.7 Å². The third-order valence-corrected chi connectivity index (χ3v) is 4.42. The third kappa shape index (κ3) is 4.84. The van der Waals surface area contributed by atoms with Crippen molar-refractivity contribution in [2.45, 2.75) is 19.8 Å². The summed E-state index contributed by atoms with van der Waals surface area (Å²) in [6, 6.07) is 7.06. The second-order valence-electron chi connectivity index (χ2n) is 6.45. The van der Waals surface area contributed by atoms with E-state index in [0.29, 0.717) is 17.4 Å². The highest BCUT2D eigenvalue weighted by molar-refractivity contribution is 5.91. The van der Waals surface area contributed by atoms with Gasteiger partial charge in [-0.05, 0) is 43.0 Å². The summed E-state index contributed by atoms with van der Waals surface area (Å²) in [4.78, 5) is 22.9. The number of rotatable bonds is 6. The van der Waals surface area contributed by atoms with E-state index >= 15 is 0 Å². The summed E-state index contributed by atoms with van der Waals surface area (Å²) in [5.41, 5.74) is 0.558. The Labute approximate surface area is 153 Å². The van der Waals surface area contributed by atoms with E-state index in [9.17, 15) is 4.79 Å². The van der Waals surface area contributed by atoms with Crippen molar-refractivity contribution < 1.29 is 14.3 Å². The molecule has 1 aliphatic heterocycles. The first-order valence-electron chi connectivity index (χ1n) is 8.78. The SMILES string of the molecule is COc1ccc(OCC(=O)Nc2cnc(N3CCC(C)CC3)nc2)cc1. The van der Waals surface area contributed by atoms with Gasteiger partial charge in [0, 0.05) is 13.1 Å². The lowest BCUT2D eigenvalue weighted by atomic mass is 10.00. The standard InChI is InChI=1S/C19H24N4O3/c1-14-7-9-23(10-8-14)19-20-11-15(12-21-19)22-18(24)13-26-17-5-3-16(25-2)4-6-17/h3-6,11-12,14H,7-10,13H2,1-2H3,(H,22,24). The van der Waals surface area contributed by atoms with Gasteiger partial charge < -0.3 is 19.7 Å². The maximum Gasteiger partial charge on any atom is 0.262 e. The minimum Gasteiger partial charge on any atom is -0.497 e. The Kier molecular flexibility index (Phi) is 5.88. The largest absolute Gasteiger partial charge is 0.497 e. The van der Waals surface area contributed by atoms with Crippen molar-refractivity contribution in [1.29, 1.82) is 0 Å². The van der Waals surface area contributed by atoms with Gasteiger partial charge in [0.05, 0.1) is 25.2 Å². The van der Waals surface area contributed by atoms with Gasteiger partial charge in [-0.3, -0.25) is 4.79 Å². The van der Waals surface area contributed by atoms with E-state index in [-0.39, 0.29) is 12.5 Å². The summed E-state index contributed by atoms with van der Waals surface area (Å²) >= 11 is 0. The van der Waals surface area contributed by atoms with E-state index in [1.165, 1.54) is 0 Å². The number of nitrogens with zero attached hydrogens (tertiary/aromatic N) is 3. The minimum atomic E-state index is -0.260. The second kappa shape index (κ2) is 8.51. The molecule has 1 aromatic heterocycles. The maximum absolute atomic E-state index is 12.0. The fraction of sp³-hybridized carbons (Fsp3) is 0.421. The molecule has 26 heavy (non-hydrogen) atoms. The first kappa shape index (κ1) is 18.0. The molecule has 2 aromatic rings. The van der Waals surface area contributed by atoms with E-state index in [1.54, 1.807) is 43.8 Å². The Morgan fingerprint density at radius 2 is 1.77 bits per heavy atom. The van der Waals surface area contributed by atoms with Gasteiger partial charge in [0.25, 0.3) is 5.91 Å². The number of piperidine rings is 1. The van der Waals surface area contributed by atoms with Crippen LogP contribution in [0.1, 0.15) is 19.8 Å². The van der Waals surface area contributed by atoms with Gasteiger partial charge in [-0.25, -0.2) is 9.97 Å². The number of methoxy groups -OCH3 is 1. The number of benzene rings is 1. The summed E-state index contributed by atoms with van der Waals surface area (Å²) in [6.45, 7) is 4.13. The van der Waals surface area contributed by atoms with Crippen LogP contribution in [0.15, 0.2) is 36.7 Å². The molecule has 0 saturated carbocycles. The molecule has 7 nitrogen and oxygen atoms in total. The molecule has 2 heterocycles. The summed E-state index contributed by atoms with van der Waals surface area (Å²) in [5.74, 6) is 2.55. The Balaban J connectivity index is 1.47. The topological polar surface area (TPSA) is 76.6 Å². The van der Waals surface area contributed by atoms with Crippen LogP contribution in [-0.4, -0.2) is 42.7 Å². The molecule has 138 valence electrons. The van der Waals surface area contributed by atoms with Gasteiger partial charge in [0.15, 0.2) is 6.61 Å². The molecule has 0 unspecified atom stereocenters. The number of hydrogen-bond acceptors (Lipinski definition) is 6. The molecule has 1 N–H and O–H groups in total. The molecule has 1 fully saturated rings. The number of ether oxygens (including phenoxy) is 2. The van der Waals surface area contributed by atoms with E-state index in [4.69, 9.17) is 9.47 Å². The Bertz CT molecular complexity index is 711. The summed E-state index contributed by atoms with van der Waals surface area (Å²) in [7, 11) is 1.60. The minimum absolute atomic E-state index is 0.0852. The number of carbonyl (C=O) groups is 1. The first-order valence-corrected chi connectivity index (χ1v) is 8.78. The molecule has 3 rings (SSSR count). The molecule has 0 aliphatic carbocycles. The molecule has 1 saturated heterocycles. The van der Waals surface area contributed by atoms with Gasteiger partial charge in [-0.15, -0.1) is 0 Å². The predicted octanol–water partition coefficient (Wildman–Crippen LogP) is 2.74. The van der Waals surface area contributed by atoms with Crippen LogP contribution in [0.2, 0.25) is 0 Å². The quantitative estimate of drug-likeness (QED) is 0.858. The molecule has 1 aromatic carbocycles. The lowest BCUT2D eigenvalue weighted by Crippen LogP contribution is -2.34. The zero-order chi connectivity index (χ0) is 18.4. The number of nitrogens with one attached hydrogen (secondary N) is 1. The summed E-state index contributed by atoms with van der Waals surface area (Å²) in [6.07, 6.45) is 5.58. The molecule has 1 amide bonds. The van der Waals surface area contributed by atoms with Crippen LogP contribution in [0.4, 0.5) is 11.6 Å². The number of hydrogen-bond donors (Lipinski definition) is 1. The van der Waals surface area contributed by atoms with E-state index < -0.39 is 0 Å². The molecular weight excluding hydrogens is 332 g/mol. The fourth-order valence-corrected chi connectivity index (χ4v) is 2.78. The van der Waals surface area contributed by atoms with E-state index in [1.807, 2.05) is 0 Å². The highest BCUT2D eigenvalue weighted by Gasteiger charge is 2.17. The molecular formula is C19H24N4O3. The van der Waals surface area contributed by atoms with Crippen molar-refractivity contribution >= 4 is 17.5 Å². The number of aromatic nitrogens is 2. The zero-order valence-electron chi connectivity index (χ0n) is 15.1. The third-order valence-electron chi connectivity index (χ3n) is 4.42. The smallest absolute Gasteiger partial charge is 0.262 e. The van der Waals surface area contributed by atoms with E-state index in [0.717, 1.165) is 37.6 Å². The predicted molar refractivity (Wildman–Crippen MR) is 99.8 cm³/mol. The van der Waals surface area contributed by atoms with E-state index in [2.05, 4.69) is 27.1 Å². The van der Waals surface area contributed by atoms with Gasteiger partial charge in [0.1, 0.15) is 11.5 Å². The van der Waals surface area contributed by atoms with Crippen molar-refractivity contribution in [2.24, 2.45) is 5.92 Å². The number of carbonyl (C=O) groups excluding carboxylic acids is 1. The highest BCUT2D eigenvalue weighted by atomic mass is 16.5. The van der Waals surface area contributed by atoms with Gasteiger partial charge >= 0.3 is 0 Å². The van der Waals surface area contributed by atoms with Crippen molar-refractivity contribution in [3.8, 4) is 11.5 Å². The molecule has 0 atom stereocenters. The first-order chi connectivity index (χ1) is 12.6. The normalized spacial score (nSPS) is 14.8. The fourth-order valence-electron chi connectivity index (χ4n) is 2.78. The number of anilines is 2. The van der Waals surface area contributed by atoms with Crippen molar-refractivity contribution in [1.82, 2.24) is 9.97 Å². The zero-order valence-corrected chi connectivity index (χ0v) is 15.1. The van der Waals surface area contributed by atoms with Gasteiger partial charge in [-0.2, -0.15) is 0 Å². The lowest BCUT2D eigenvalue weighted by molar-refractivity contribution is -0.118. The molecule has 0 bridgehead atoms. The van der Waals surface area contributed by atoms with Crippen LogP contribution in [-0.2, 0) is 4.79 Å². The molecule has 1 aliphatic rings. The Hall–Kier alpha value is -2.83. The van der Waals surface area contributed by atoms with Crippen molar-refractivity contribution in [3.63, 3.8) is 0 Å². The lowest BCUT2D eigenvalue weighted by Gasteiger charge is -2.30. The Morgan fingerprint density at radius 1 is 1.15 bits per heavy atom. The maximum atomic E-state index is 12.0. The van der Waals surface area contributed by atoms with Crippen LogP contribution in [0.25, 0.3) is 0 Å². The highest BCUT2D eigenvalue weighted by Crippen LogP contribution is 2.20. The summed E-state index contributed by atoms with van der Waals surface area (Å²) in [5, 5.41) is 2.74. The monoisotopic (exact) mass is 356 g/mol. The Morgan fingerprint density at radius 3 is 2.38 bits per heavy atom. The van der Waals surface area contributed by atoms with Gasteiger partial charge in [-0.1, -0.05) is 6.92 Å². The number of amides is 1. The van der Waals surface area contributed by atoms with Crippen LogP contribution in [0.5, 0.6) is 11.5 Å². The average molecular weight is 356 g/mol. The summed E-state index contributed by atoms with van der Waals surface area (Å²) < 4.78 is 10.5. The average Bonchev–Trinajstić information content (AvgIpc) is 2.68. The second-order valence-corrected chi connectivity index (χ2v) is 6.45. The van der Waals surface area contributed by atoms with Crippen LogP contribution in [0, 0.1) is 5.92 Å². The molecule has 7 heteroatoms. The van der Waals surface area contributed by atoms with Crippen LogP contribution >= 0.6 is 0 Å². The molecule has 0 radical (unpaired) electrons. The van der Waals surface area contributed by atoms with Crippen molar-refractivity contribution in [2.75, 3.05) is 37.0 Å². The van der Waals surface area contributed by atoms with Crippen LogP contribution in [0.3, 0.4) is 0 Å². The molecule has 0 spiro atoms. The van der Waals surface area contributed by atoms with Crippen LogP contribution < -0.4 is 19.7 Å². The van der Waals surface area contributed by atoms with Gasteiger partial charge in [0.2, 0.25) is 5.95 Å².